The number of rotatable bonds is 3. The van der Waals surface area contributed by atoms with Gasteiger partial charge in [0.15, 0.2) is 15.5 Å². The van der Waals surface area contributed by atoms with Crippen LogP contribution in [0.5, 0.6) is 5.88 Å². The second kappa shape index (κ2) is 6.03. The molecule has 1 aromatic heterocycles. The van der Waals surface area contributed by atoms with Crippen molar-refractivity contribution < 1.29 is 13.5 Å². The summed E-state index contributed by atoms with van der Waals surface area (Å²) in [5.41, 5.74) is 1.69. The quantitative estimate of drug-likeness (QED) is 0.650. The van der Waals surface area contributed by atoms with Crippen molar-refractivity contribution >= 4 is 48.0 Å². The van der Waals surface area contributed by atoms with Crippen molar-refractivity contribution in [3.8, 4) is 5.88 Å². The van der Waals surface area contributed by atoms with Crippen LogP contribution in [-0.2, 0) is 16.9 Å². The first kappa shape index (κ1) is 16.7. The van der Waals surface area contributed by atoms with E-state index in [1.807, 2.05) is 18.2 Å². The van der Waals surface area contributed by atoms with Crippen LogP contribution in [0.1, 0.15) is 0 Å². The van der Waals surface area contributed by atoms with E-state index in [0.29, 0.717) is 11.4 Å². The van der Waals surface area contributed by atoms with Crippen molar-refractivity contribution in [1.82, 2.24) is 4.57 Å². The highest BCUT2D eigenvalue weighted by atomic mass is 79.9. The third kappa shape index (κ3) is 3.07. The van der Waals surface area contributed by atoms with Gasteiger partial charge >= 0.3 is 0 Å². The molecule has 0 amide bonds. The summed E-state index contributed by atoms with van der Waals surface area (Å²) in [7, 11) is -1.50. The average molecular weight is 408 g/mol. The molecule has 3 aromatic rings. The lowest BCUT2D eigenvalue weighted by Gasteiger charge is -1.98. The van der Waals surface area contributed by atoms with Gasteiger partial charge in [0.05, 0.1) is 16.1 Å². The molecule has 24 heavy (non-hydrogen) atoms. The number of aromatic nitrogens is 1. The molecule has 0 aliphatic heterocycles. The number of azo groups is 1. The number of hydrogen-bond acceptors (Lipinski definition) is 5. The number of halogens is 1. The van der Waals surface area contributed by atoms with Crippen LogP contribution in [0.2, 0.25) is 0 Å². The van der Waals surface area contributed by atoms with E-state index in [2.05, 4.69) is 26.2 Å². The van der Waals surface area contributed by atoms with Crippen LogP contribution >= 0.6 is 15.9 Å². The Balaban J connectivity index is 2.02. The zero-order valence-electron chi connectivity index (χ0n) is 12.9. The normalized spacial score (nSPS) is 12.3. The highest BCUT2D eigenvalue weighted by Gasteiger charge is 2.14. The maximum atomic E-state index is 11.5. The van der Waals surface area contributed by atoms with Gasteiger partial charge in [-0.2, -0.15) is 5.11 Å². The van der Waals surface area contributed by atoms with Crippen LogP contribution in [0.4, 0.5) is 11.4 Å². The molecule has 1 N–H and O–H groups in total. The van der Waals surface area contributed by atoms with Crippen LogP contribution in [0.25, 0.3) is 10.9 Å². The van der Waals surface area contributed by atoms with Gasteiger partial charge in [-0.05, 0) is 42.5 Å². The third-order valence-electron chi connectivity index (χ3n) is 3.63. The second-order valence-corrected chi connectivity index (χ2v) is 8.29. The molecule has 0 spiro atoms. The molecule has 1 heterocycles. The Labute approximate surface area is 147 Å². The number of sulfone groups is 1. The average Bonchev–Trinajstić information content (AvgIpc) is 2.76. The highest BCUT2D eigenvalue weighted by Crippen LogP contribution is 2.39. The summed E-state index contributed by atoms with van der Waals surface area (Å²) in [5, 5.41) is 19.3. The number of fused-ring (bicyclic) bond motifs is 1. The molecule has 0 aliphatic carbocycles. The van der Waals surface area contributed by atoms with Crippen molar-refractivity contribution in [2.24, 2.45) is 17.3 Å². The van der Waals surface area contributed by atoms with Gasteiger partial charge in [-0.3, -0.25) is 0 Å². The molecule has 0 aliphatic rings. The van der Waals surface area contributed by atoms with Crippen molar-refractivity contribution in [3.05, 3.63) is 46.9 Å². The third-order valence-corrected chi connectivity index (χ3v) is 5.26. The molecular weight excluding hydrogens is 394 g/mol. The summed E-state index contributed by atoms with van der Waals surface area (Å²) >= 11 is 3.40. The van der Waals surface area contributed by atoms with Crippen molar-refractivity contribution in [2.45, 2.75) is 4.90 Å². The monoisotopic (exact) mass is 407 g/mol. The standard InChI is InChI=1S/C16H14BrN3O3S/c1-20-14-8-3-10(17)9-13(14)15(16(20)21)19-18-11-4-6-12(7-5-11)24(2,22)23/h3-9,21H,1-2H3. The summed E-state index contributed by atoms with van der Waals surface area (Å²) < 4.78 is 25.4. The van der Waals surface area contributed by atoms with Gasteiger partial charge in [0.2, 0.25) is 5.88 Å². The molecule has 124 valence electrons. The first-order valence-corrected chi connectivity index (χ1v) is 9.64. The minimum absolute atomic E-state index is 0.0135. The molecule has 0 unspecified atom stereocenters. The predicted molar refractivity (Wildman–Crippen MR) is 96.0 cm³/mol. The maximum absolute atomic E-state index is 11.5. The Morgan fingerprint density at radius 3 is 2.38 bits per heavy atom. The molecule has 0 radical (unpaired) electrons. The number of aryl methyl sites for hydroxylation is 1. The SMILES string of the molecule is Cn1c(O)c(N=Nc2ccc(S(C)(=O)=O)cc2)c2cc(Br)ccc21. The van der Waals surface area contributed by atoms with Gasteiger partial charge in [0, 0.05) is 23.2 Å². The summed E-state index contributed by atoms with van der Waals surface area (Å²) in [4.78, 5) is 0.221. The molecule has 2 aromatic carbocycles. The van der Waals surface area contributed by atoms with E-state index < -0.39 is 9.84 Å². The number of aromatic hydroxyl groups is 1. The summed E-state index contributed by atoms with van der Waals surface area (Å²) in [6, 6.07) is 11.7. The lowest BCUT2D eigenvalue weighted by atomic mass is 10.2. The fourth-order valence-electron chi connectivity index (χ4n) is 2.35. The van der Waals surface area contributed by atoms with Crippen LogP contribution in [0.15, 0.2) is 62.1 Å². The molecule has 0 saturated heterocycles. The van der Waals surface area contributed by atoms with Crippen LogP contribution in [0, 0.1) is 0 Å². The summed E-state index contributed by atoms with van der Waals surface area (Å²) in [6.45, 7) is 0. The van der Waals surface area contributed by atoms with Gasteiger partial charge in [0.25, 0.3) is 0 Å². The Morgan fingerprint density at radius 1 is 1.08 bits per heavy atom. The van der Waals surface area contributed by atoms with Gasteiger partial charge in [-0.25, -0.2) is 8.42 Å². The molecule has 0 atom stereocenters. The van der Waals surface area contributed by atoms with Crippen molar-refractivity contribution in [1.29, 1.82) is 0 Å². The largest absolute Gasteiger partial charge is 0.493 e. The van der Waals surface area contributed by atoms with Gasteiger partial charge < -0.3 is 9.67 Å². The van der Waals surface area contributed by atoms with Crippen LogP contribution in [-0.4, -0.2) is 24.3 Å². The van der Waals surface area contributed by atoms with E-state index in [0.717, 1.165) is 21.6 Å². The molecular formula is C16H14BrN3O3S. The Hall–Kier alpha value is -2.19. The predicted octanol–water partition coefficient (Wildman–Crippen LogP) is 4.47. The van der Waals surface area contributed by atoms with E-state index >= 15 is 0 Å². The van der Waals surface area contributed by atoms with E-state index in [-0.39, 0.29) is 10.8 Å². The summed E-state index contributed by atoms with van der Waals surface area (Å²) in [6.07, 6.45) is 1.15. The molecule has 0 saturated carbocycles. The van der Waals surface area contributed by atoms with E-state index in [1.165, 1.54) is 12.1 Å². The summed E-state index contributed by atoms with van der Waals surface area (Å²) in [5.74, 6) is 0.0135. The van der Waals surface area contributed by atoms with Gasteiger partial charge in [0.1, 0.15) is 0 Å². The van der Waals surface area contributed by atoms with Crippen LogP contribution in [0.3, 0.4) is 0 Å². The number of nitrogens with zero attached hydrogens (tertiary/aromatic N) is 3. The Kier molecular flexibility index (Phi) is 4.18. The lowest BCUT2D eigenvalue weighted by molar-refractivity contribution is 0.436. The Morgan fingerprint density at radius 2 is 1.75 bits per heavy atom. The minimum atomic E-state index is -3.24. The molecule has 8 heteroatoms. The zero-order valence-corrected chi connectivity index (χ0v) is 15.3. The molecule has 6 nitrogen and oxygen atoms in total. The minimum Gasteiger partial charge on any atom is -0.493 e. The smallest absolute Gasteiger partial charge is 0.220 e. The van der Waals surface area contributed by atoms with E-state index in [9.17, 15) is 13.5 Å². The second-order valence-electron chi connectivity index (χ2n) is 5.36. The molecule has 0 bridgehead atoms. The number of hydrogen-bond donors (Lipinski definition) is 1. The van der Waals surface area contributed by atoms with E-state index in [1.54, 1.807) is 23.7 Å². The maximum Gasteiger partial charge on any atom is 0.220 e. The van der Waals surface area contributed by atoms with Gasteiger partial charge in [-0.15, -0.1) is 5.11 Å². The molecule has 0 fully saturated rings. The van der Waals surface area contributed by atoms with E-state index in [4.69, 9.17) is 0 Å². The molecule has 3 rings (SSSR count). The first-order valence-electron chi connectivity index (χ1n) is 6.96. The Bertz CT molecular complexity index is 1050. The first-order chi connectivity index (χ1) is 11.3. The fourth-order valence-corrected chi connectivity index (χ4v) is 3.34. The fraction of sp³-hybridized carbons (Fsp3) is 0.125. The number of benzene rings is 2. The topological polar surface area (TPSA) is 84.0 Å². The highest BCUT2D eigenvalue weighted by molar-refractivity contribution is 9.10. The zero-order chi connectivity index (χ0) is 17.5. The lowest BCUT2D eigenvalue weighted by Crippen LogP contribution is -1.95. The van der Waals surface area contributed by atoms with Crippen molar-refractivity contribution in [2.75, 3.05) is 6.26 Å². The van der Waals surface area contributed by atoms with Crippen LogP contribution < -0.4 is 0 Å². The van der Waals surface area contributed by atoms with Gasteiger partial charge in [-0.1, -0.05) is 15.9 Å². The van der Waals surface area contributed by atoms with Crippen molar-refractivity contribution in [3.63, 3.8) is 0 Å².